The molecule has 1 aliphatic heterocycles. The van der Waals surface area contributed by atoms with Gasteiger partial charge in [0.1, 0.15) is 0 Å². The molecular formula is C5H9BrN2O2. The predicted octanol–water partition coefficient (Wildman–Crippen LogP) is 0.736. The molecule has 2 atom stereocenters. The molecule has 1 N–H and O–H groups in total. The first-order valence-corrected chi connectivity index (χ1v) is 4.12. The molecule has 0 radical (unpaired) electrons. The summed E-state index contributed by atoms with van der Waals surface area (Å²) in [4.78, 5) is 10.3. The van der Waals surface area contributed by atoms with Crippen LogP contribution in [0, 0.1) is 10.1 Å². The van der Waals surface area contributed by atoms with E-state index < -0.39 is 0 Å². The van der Waals surface area contributed by atoms with E-state index in [9.17, 15) is 10.1 Å². The maximum atomic E-state index is 10.2. The highest BCUT2D eigenvalue weighted by molar-refractivity contribution is 9.09. The zero-order valence-electron chi connectivity index (χ0n) is 5.42. The third kappa shape index (κ3) is 1.91. The average molecular weight is 209 g/mol. The lowest BCUT2D eigenvalue weighted by molar-refractivity contribution is -0.523. The Balaban J connectivity index is 2.33. The lowest BCUT2D eigenvalue weighted by Gasteiger charge is -2.20. The molecule has 1 aliphatic rings. The summed E-state index contributed by atoms with van der Waals surface area (Å²) in [5.41, 5.74) is 0. The van der Waals surface area contributed by atoms with Gasteiger partial charge in [-0.15, -0.1) is 0 Å². The molecule has 2 unspecified atom stereocenters. The van der Waals surface area contributed by atoms with Gasteiger partial charge in [0.25, 0.3) is 0 Å². The van der Waals surface area contributed by atoms with Crippen molar-refractivity contribution in [1.29, 1.82) is 0 Å². The van der Waals surface area contributed by atoms with Gasteiger partial charge in [0, 0.05) is 11.3 Å². The van der Waals surface area contributed by atoms with Crippen LogP contribution in [0.1, 0.15) is 12.8 Å². The Morgan fingerprint density at radius 2 is 2.30 bits per heavy atom. The van der Waals surface area contributed by atoms with Crippen molar-refractivity contribution in [1.82, 2.24) is 5.32 Å². The number of hydrogen-bond donors (Lipinski definition) is 1. The maximum Gasteiger partial charge on any atom is 0.225 e. The second-order valence-electron chi connectivity index (χ2n) is 2.39. The Morgan fingerprint density at radius 3 is 2.70 bits per heavy atom. The number of piperidine rings is 1. The van der Waals surface area contributed by atoms with Crippen molar-refractivity contribution in [2.45, 2.75) is 23.8 Å². The zero-order valence-corrected chi connectivity index (χ0v) is 7.00. The van der Waals surface area contributed by atoms with Crippen molar-refractivity contribution >= 4 is 15.9 Å². The summed E-state index contributed by atoms with van der Waals surface area (Å²) in [6.07, 6.45) is 1.52. The van der Waals surface area contributed by atoms with Crippen LogP contribution >= 0.6 is 15.9 Å². The number of halogens is 1. The van der Waals surface area contributed by atoms with Crippen LogP contribution < -0.4 is 5.32 Å². The maximum absolute atomic E-state index is 10.2. The highest BCUT2D eigenvalue weighted by Gasteiger charge is 2.26. The van der Waals surface area contributed by atoms with Crippen LogP contribution in [0.5, 0.6) is 0 Å². The van der Waals surface area contributed by atoms with Crippen molar-refractivity contribution < 1.29 is 4.92 Å². The molecule has 1 fully saturated rings. The minimum absolute atomic E-state index is 0.216. The summed E-state index contributed by atoms with van der Waals surface area (Å²) < 4.78 is 0. The Hall–Kier alpha value is -0.160. The first-order valence-electron chi connectivity index (χ1n) is 3.21. The topological polar surface area (TPSA) is 55.2 Å². The molecule has 1 saturated heterocycles. The van der Waals surface area contributed by atoms with E-state index in [0.29, 0.717) is 13.0 Å². The highest BCUT2D eigenvalue weighted by Crippen LogP contribution is 2.13. The van der Waals surface area contributed by atoms with E-state index >= 15 is 0 Å². The fraction of sp³-hybridized carbons (Fsp3) is 1.00. The molecule has 0 aliphatic carbocycles. The number of rotatable bonds is 1. The molecule has 0 aromatic heterocycles. The van der Waals surface area contributed by atoms with E-state index in [-0.39, 0.29) is 15.9 Å². The van der Waals surface area contributed by atoms with Gasteiger partial charge in [-0.2, -0.15) is 0 Å². The van der Waals surface area contributed by atoms with Crippen LogP contribution in [0.3, 0.4) is 0 Å². The van der Waals surface area contributed by atoms with Crippen LogP contribution in [0.4, 0.5) is 0 Å². The lowest BCUT2D eigenvalue weighted by Crippen LogP contribution is -2.41. The Kier molecular flexibility index (Phi) is 2.62. The van der Waals surface area contributed by atoms with Crippen LogP contribution in [0.15, 0.2) is 0 Å². The van der Waals surface area contributed by atoms with Gasteiger partial charge >= 0.3 is 0 Å². The minimum atomic E-state index is -0.381. The molecule has 0 amide bonds. The lowest BCUT2D eigenvalue weighted by atomic mass is 10.1. The summed E-state index contributed by atoms with van der Waals surface area (Å²) in [6, 6.07) is -0.381. The Morgan fingerprint density at radius 1 is 1.60 bits per heavy atom. The van der Waals surface area contributed by atoms with E-state index in [1.54, 1.807) is 0 Å². The molecule has 0 saturated carbocycles. The van der Waals surface area contributed by atoms with E-state index in [0.717, 1.165) is 6.42 Å². The van der Waals surface area contributed by atoms with Crippen molar-refractivity contribution in [2.75, 3.05) is 6.54 Å². The van der Waals surface area contributed by atoms with Crippen molar-refractivity contribution in [3.8, 4) is 0 Å². The molecular weight excluding hydrogens is 200 g/mol. The number of nitro groups is 1. The quantitative estimate of drug-likeness (QED) is 0.300. The summed E-state index contributed by atoms with van der Waals surface area (Å²) in [6.45, 7) is 0.489. The van der Waals surface area contributed by atoms with Gasteiger partial charge in [-0.05, 0) is 6.42 Å². The van der Waals surface area contributed by atoms with Crippen LogP contribution in [-0.4, -0.2) is 22.5 Å². The standard InChI is InChI=1S/C5H9BrN2O2/c6-5-2-1-4(3-7-5)8(9)10/h4-5,7H,1-3H2. The van der Waals surface area contributed by atoms with Gasteiger partial charge in [-0.3, -0.25) is 15.4 Å². The molecule has 0 bridgehead atoms. The first kappa shape index (κ1) is 7.94. The fourth-order valence-electron chi connectivity index (χ4n) is 0.987. The molecule has 1 heterocycles. The molecule has 58 valence electrons. The monoisotopic (exact) mass is 208 g/mol. The van der Waals surface area contributed by atoms with Gasteiger partial charge in [0.05, 0.1) is 11.5 Å². The largest absolute Gasteiger partial charge is 0.298 e. The molecule has 0 spiro atoms. The molecule has 0 aromatic carbocycles. The smallest absolute Gasteiger partial charge is 0.225 e. The molecule has 0 aromatic rings. The van der Waals surface area contributed by atoms with Crippen LogP contribution in [0.2, 0.25) is 0 Å². The van der Waals surface area contributed by atoms with Gasteiger partial charge in [-0.25, -0.2) is 0 Å². The van der Waals surface area contributed by atoms with Crippen LogP contribution in [-0.2, 0) is 0 Å². The Bertz CT molecular complexity index is 134. The van der Waals surface area contributed by atoms with Crippen LogP contribution in [0.25, 0.3) is 0 Å². The van der Waals surface area contributed by atoms with Gasteiger partial charge in [0.15, 0.2) is 0 Å². The fourth-order valence-corrected chi connectivity index (χ4v) is 1.44. The number of hydrogen-bond acceptors (Lipinski definition) is 3. The van der Waals surface area contributed by atoms with Gasteiger partial charge in [0.2, 0.25) is 6.04 Å². The van der Waals surface area contributed by atoms with E-state index in [2.05, 4.69) is 21.2 Å². The zero-order chi connectivity index (χ0) is 7.56. The number of nitrogens with one attached hydrogen (secondary N) is 1. The normalized spacial score (nSPS) is 33.7. The van der Waals surface area contributed by atoms with Crippen molar-refractivity contribution in [3.63, 3.8) is 0 Å². The van der Waals surface area contributed by atoms with Gasteiger partial charge in [-0.1, -0.05) is 15.9 Å². The van der Waals surface area contributed by atoms with E-state index in [4.69, 9.17) is 0 Å². The average Bonchev–Trinajstić information content (AvgIpc) is 1.88. The summed E-state index contributed by atoms with van der Waals surface area (Å²) in [7, 11) is 0. The van der Waals surface area contributed by atoms with E-state index in [1.165, 1.54) is 0 Å². The number of alkyl halides is 1. The van der Waals surface area contributed by atoms with Crippen molar-refractivity contribution in [3.05, 3.63) is 10.1 Å². The molecule has 10 heavy (non-hydrogen) atoms. The minimum Gasteiger partial charge on any atom is -0.298 e. The SMILES string of the molecule is O=[N+]([O-])C1CCC(Br)NC1. The second-order valence-corrected chi connectivity index (χ2v) is 3.50. The van der Waals surface area contributed by atoms with Gasteiger partial charge < -0.3 is 0 Å². The first-order chi connectivity index (χ1) is 4.70. The second kappa shape index (κ2) is 3.30. The summed E-state index contributed by atoms with van der Waals surface area (Å²) in [5, 5.41) is 13.2. The predicted molar refractivity (Wildman–Crippen MR) is 40.7 cm³/mol. The summed E-state index contributed by atoms with van der Waals surface area (Å²) in [5.74, 6) is 0. The Labute approximate surface area is 67.3 Å². The third-order valence-corrected chi connectivity index (χ3v) is 2.41. The summed E-state index contributed by atoms with van der Waals surface area (Å²) >= 11 is 3.33. The molecule has 4 nitrogen and oxygen atoms in total. The van der Waals surface area contributed by atoms with Crippen molar-refractivity contribution in [2.24, 2.45) is 0 Å². The molecule has 1 rings (SSSR count). The van der Waals surface area contributed by atoms with E-state index in [1.807, 2.05) is 0 Å². The number of nitrogens with zero attached hydrogens (tertiary/aromatic N) is 1. The highest BCUT2D eigenvalue weighted by atomic mass is 79.9. The third-order valence-electron chi connectivity index (χ3n) is 1.63. The molecule has 5 heteroatoms.